The maximum absolute atomic E-state index is 13.6. The minimum Gasteiger partial charge on any atom is -0.206 e. The molecule has 0 aromatic heterocycles. The molecule has 0 spiro atoms. The molecule has 0 radical (unpaired) electrons. The zero-order valence-electron chi connectivity index (χ0n) is 9.17. The Balaban J connectivity index is 3.56. The summed E-state index contributed by atoms with van der Waals surface area (Å²) in [7, 11) is 0. The molecule has 0 atom stereocenters. The van der Waals surface area contributed by atoms with Crippen molar-refractivity contribution in [1.82, 2.24) is 0 Å². The zero-order valence-corrected chi connectivity index (χ0v) is 9.17. The van der Waals surface area contributed by atoms with Crippen molar-refractivity contribution in [3.05, 3.63) is 33.9 Å². The fraction of sp³-hybridized carbons (Fsp3) is 0.500. The van der Waals surface area contributed by atoms with Crippen LogP contribution in [-0.2, 0) is 12.8 Å². The Morgan fingerprint density at radius 3 is 1.43 bits per heavy atom. The van der Waals surface area contributed by atoms with E-state index in [9.17, 15) is 8.78 Å². The third-order valence-corrected chi connectivity index (χ3v) is 2.80. The number of hydrogen-bond donors (Lipinski definition) is 0. The van der Waals surface area contributed by atoms with E-state index in [-0.39, 0.29) is 17.2 Å². The highest BCUT2D eigenvalue weighted by Gasteiger charge is 2.17. The van der Waals surface area contributed by atoms with Gasteiger partial charge in [-0.15, -0.1) is 0 Å². The van der Waals surface area contributed by atoms with Gasteiger partial charge in [0.15, 0.2) is 0 Å². The quantitative estimate of drug-likeness (QED) is 0.679. The van der Waals surface area contributed by atoms with Gasteiger partial charge in [0.05, 0.1) is 0 Å². The summed E-state index contributed by atoms with van der Waals surface area (Å²) < 4.78 is 27.2. The zero-order chi connectivity index (χ0) is 10.9. The lowest BCUT2D eigenvalue weighted by molar-refractivity contribution is 0.546. The first kappa shape index (κ1) is 11.2. The molecule has 0 amide bonds. The van der Waals surface area contributed by atoms with Gasteiger partial charge in [0.2, 0.25) is 0 Å². The predicted octanol–water partition coefficient (Wildman–Crippen LogP) is 3.71. The molecule has 0 aliphatic heterocycles. The lowest BCUT2D eigenvalue weighted by atomic mass is 9.94. The van der Waals surface area contributed by atoms with Crippen LogP contribution in [-0.4, -0.2) is 0 Å². The van der Waals surface area contributed by atoms with Crippen LogP contribution in [0.3, 0.4) is 0 Å². The van der Waals surface area contributed by atoms with Crippen LogP contribution in [0.25, 0.3) is 0 Å². The Kier molecular flexibility index (Phi) is 3.25. The van der Waals surface area contributed by atoms with E-state index in [4.69, 9.17) is 0 Å². The minimum atomic E-state index is -0.375. The fourth-order valence-electron chi connectivity index (χ4n) is 1.90. The van der Waals surface area contributed by atoms with E-state index >= 15 is 0 Å². The monoisotopic (exact) mass is 198 g/mol. The number of rotatable bonds is 2. The van der Waals surface area contributed by atoms with Gasteiger partial charge in [-0.05, 0) is 43.4 Å². The highest BCUT2D eigenvalue weighted by molar-refractivity contribution is 5.40. The van der Waals surface area contributed by atoms with E-state index in [0.29, 0.717) is 24.0 Å². The van der Waals surface area contributed by atoms with Crippen LogP contribution in [0.5, 0.6) is 0 Å². The molecule has 0 nitrogen and oxygen atoms in total. The Bertz CT molecular complexity index is 323. The van der Waals surface area contributed by atoms with Gasteiger partial charge in [-0.25, -0.2) is 8.78 Å². The van der Waals surface area contributed by atoms with Gasteiger partial charge < -0.3 is 0 Å². The molecule has 0 fully saturated rings. The number of halogens is 2. The van der Waals surface area contributed by atoms with Crippen molar-refractivity contribution in [1.29, 1.82) is 0 Å². The molecular weight excluding hydrogens is 182 g/mol. The molecule has 0 bridgehead atoms. The standard InChI is InChI=1S/C12H16F2/c1-5-9-7(3)10(6-2)12(14)8(4)11(9)13/h5-6H2,1-4H3. The van der Waals surface area contributed by atoms with E-state index in [0.717, 1.165) is 5.56 Å². The highest BCUT2D eigenvalue weighted by atomic mass is 19.1. The van der Waals surface area contributed by atoms with Crippen molar-refractivity contribution < 1.29 is 8.78 Å². The largest absolute Gasteiger partial charge is 0.206 e. The third kappa shape index (κ3) is 1.54. The summed E-state index contributed by atoms with van der Waals surface area (Å²) in [6, 6.07) is 0. The third-order valence-electron chi connectivity index (χ3n) is 2.80. The molecule has 0 unspecified atom stereocenters. The molecule has 1 aromatic rings. The van der Waals surface area contributed by atoms with Gasteiger partial charge in [0.25, 0.3) is 0 Å². The number of hydrogen-bond acceptors (Lipinski definition) is 0. The molecule has 0 heterocycles. The lowest BCUT2D eigenvalue weighted by Crippen LogP contribution is -2.05. The second-order valence-electron chi connectivity index (χ2n) is 3.54. The normalized spacial score (nSPS) is 10.7. The lowest BCUT2D eigenvalue weighted by Gasteiger charge is -2.14. The second-order valence-corrected chi connectivity index (χ2v) is 3.54. The van der Waals surface area contributed by atoms with E-state index < -0.39 is 0 Å². The van der Waals surface area contributed by atoms with Crippen molar-refractivity contribution >= 4 is 0 Å². The molecule has 1 rings (SSSR count). The highest BCUT2D eigenvalue weighted by Crippen LogP contribution is 2.25. The average molecular weight is 198 g/mol. The maximum atomic E-state index is 13.6. The van der Waals surface area contributed by atoms with Gasteiger partial charge >= 0.3 is 0 Å². The second kappa shape index (κ2) is 4.07. The van der Waals surface area contributed by atoms with Crippen molar-refractivity contribution in [2.75, 3.05) is 0 Å². The molecule has 0 aliphatic rings. The van der Waals surface area contributed by atoms with E-state index in [1.165, 1.54) is 6.92 Å². The van der Waals surface area contributed by atoms with E-state index in [1.54, 1.807) is 6.92 Å². The Morgan fingerprint density at radius 2 is 1.14 bits per heavy atom. The van der Waals surface area contributed by atoms with Crippen LogP contribution >= 0.6 is 0 Å². The Hall–Kier alpha value is -0.920. The molecule has 2 heteroatoms. The van der Waals surface area contributed by atoms with Crippen LogP contribution in [0, 0.1) is 25.5 Å². The number of benzene rings is 1. The Labute approximate surface area is 84.0 Å². The van der Waals surface area contributed by atoms with Crippen LogP contribution in [0.15, 0.2) is 0 Å². The van der Waals surface area contributed by atoms with Crippen molar-refractivity contribution in [3.63, 3.8) is 0 Å². The summed E-state index contributed by atoms with van der Waals surface area (Å²) in [6.07, 6.45) is 1.23. The Morgan fingerprint density at radius 1 is 0.786 bits per heavy atom. The van der Waals surface area contributed by atoms with Gasteiger partial charge in [-0.1, -0.05) is 13.8 Å². The molecule has 0 saturated heterocycles. The summed E-state index contributed by atoms with van der Waals surface area (Å²) in [5.41, 5.74) is 2.24. The summed E-state index contributed by atoms with van der Waals surface area (Å²) in [4.78, 5) is 0. The first-order valence-corrected chi connectivity index (χ1v) is 5.00. The predicted molar refractivity (Wildman–Crippen MR) is 54.6 cm³/mol. The van der Waals surface area contributed by atoms with Crippen molar-refractivity contribution in [2.45, 2.75) is 40.5 Å². The molecule has 1 aromatic carbocycles. The van der Waals surface area contributed by atoms with Gasteiger partial charge in [-0.3, -0.25) is 0 Å². The van der Waals surface area contributed by atoms with E-state index in [1.807, 2.05) is 13.8 Å². The molecule has 0 saturated carbocycles. The van der Waals surface area contributed by atoms with Crippen LogP contribution in [0.4, 0.5) is 8.78 Å². The summed E-state index contributed by atoms with van der Waals surface area (Å²) >= 11 is 0. The van der Waals surface area contributed by atoms with Gasteiger partial charge in [0.1, 0.15) is 11.6 Å². The molecule has 0 N–H and O–H groups in total. The van der Waals surface area contributed by atoms with E-state index in [2.05, 4.69) is 0 Å². The van der Waals surface area contributed by atoms with Gasteiger partial charge in [-0.2, -0.15) is 0 Å². The van der Waals surface area contributed by atoms with Crippen LogP contribution < -0.4 is 0 Å². The smallest absolute Gasteiger partial charge is 0.132 e. The minimum absolute atomic E-state index is 0.157. The average Bonchev–Trinajstić information content (AvgIpc) is 2.16. The van der Waals surface area contributed by atoms with Crippen molar-refractivity contribution in [2.24, 2.45) is 0 Å². The molecule has 0 aliphatic carbocycles. The summed E-state index contributed by atoms with van der Waals surface area (Å²) in [5.74, 6) is -0.751. The first-order chi connectivity index (χ1) is 6.54. The van der Waals surface area contributed by atoms with Gasteiger partial charge in [0, 0.05) is 5.56 Å². The molecule has 78 valence electrons. The van der Waals surface area contributed by atoms with Crippen LogP contribution in [0.1, 0.15) is 36.1 Å². The first-order valence-electron chi connectivity index (χ1n) is 5.00. The van der Waals surface area contributed by atoms with Crippen LogP contribution in [0.2, 0.25) is 0 Å². The fourth-order valence-corrected chi connectivity index (χ4v) is 1.90. The SMILES string of the molecule is CCc1c(C)c(CC)c(F)c(C)c1F. The molecular formula is C12H16F2. The van der Waals surface area contributed by atoms with Crippen molar-refractivity contribution in [3.8, 4) is 0 Å². The summed E-state index contributed by atoms with van der Waals surface area (Å²) in [5, 5.41) is 0. The maximum Gasteiger partial charge on any atom is 0.132 e. The topological polar surface area (TPSA) is 0 Å². The summed E-state index contributed by atoms with van der Waals surface area (Å²) in [6.45, 7) is 7.08. The molecule has 14 heavy (non-hydrogen) atoms.